The van der Waals surface area contributed by atoms with Gasteiger partial charge in [0.25, 0.3) is 0 Å². The number of rotatable bonds is 4. The highest BCUT2D eigenvalue weighted by Crippen LogP contribution is 2.19. The molecule has 0 spiro atoms. The second-order valence-corrected chi connectivity index (χ2v) is 4.95. The number of nitrogens with one attached hydrogen (secondary N) is 2. The summed E-state index contributed by atoms with van der Waals surface area (Å²) in [4.78, 5) is 15.4. The van der Waals surface area contributed by atoms with Crippen LogP contribution in [0.15, 0.2) is 42.6 Å². The number of halogens is 2. The average molecular weight is 307 g/mol. The first kappa shape index (κ1) is 15.8. The van der Waals surface area contributed by atoms with Gasteiger partial charge in [0.2, 0.25) is 0 Å². The number of hydrogen-bond acceptors (Lipinski definition) is 3. The summed E-state index contributed by atoms with van der Waals surface area (Å²) in [5.41, 5.74) is -0.893. The SMILES string of the molecule is CC(O)(CNC(=O)Nc1ccc(F)cn1)c1ccc(F)cc1. The number of aliphatic hydroxyl groups is 1. The molecule has 0 aliphatic carbocycles. The second kappa shape index (κ2) is 6.48. The molecule has 0 radical (unpaired) electrons. The zero-order valence-electron chi connectivity index (χ0n) is 11.8. The van der Waals surface area contributed by atoms with E-state index in [-0.39, 0.29) is 12.4 Å². The van der Waals surface area contributed by atoms with E-state index in [9.17, 15) is 18.7 Å². The van der Waals surface area contributed by atoms with Gasteiger partial charge in [-0.15, -0.1) is 0 Å². The molecular weight excluding hydrogens is 292 g/mol. The minimum Gasteiger partial charge on any atom is -0.384 e. The number of nitrogens with zero attached hydrogens (tertiary/aromatic N) is 1. The van der Waals surface area contributed by atoms with Gasteiger partial charge < -0.3 is 10.4 Å². The van der Waals surface area contributed by atoms with Crippen molar-refractivity contribution in [1.82, 2.24) is 10.3 Å². The Hall–Kier alpha value is -2.54. The van der Waals surface area contributed by atoms with Crippen molar-refractivity contribution in [2.24, 2.45) is 0 Å². The van der Waals surface area contributed by atoms with Gasteiger partial charge in [0.15, 0.2) is 0 Å². The average Bonchev–Trinajstić information content (AvgIpc) is 2.48. The highest BCUT2D eigenvalue weighted by atomic mass is 19.1. The maximum atomic E-state index is 12.9. The number of aromatic nitrogens is 1. The van der Waals surface area contributed by atoms with Crippen LogP contribution in [0.25, 0.3) is 0 Å². The maximum absolute atomic E-state index is 12.9. The third-order valence-corrected chi connectivity index (χ3v) is 3.03. The molecule has 1 atom stereocenters. The summed E-state index contributed by atoms with van der Waals surface area (Å²) in [5, 5.41) is 15.2. The molecule has 1 aromatic carbocycles. The third kappa shape index (κ3) is 4.23. The second-order valence-electron chi connectivity index (χ2n) is 4.95. The standard InChI is InChI=1S/C15H15F2N3O2/c1-15(22,10-2-4-11(16)5-3-10)9-19-14(21)20-13-7-6-12(17)8-18-13/h2-8,22H,9H2,1H3,(H2,18,19,20,21). The highest BCUT2D eigenvalue weighted by molar-refractivity contribution is 5.88. The van der Waals surface area contributed by atoms with Crippen LogP contribution in [-0.4, -0.2) is 22.7 Å². The first-order valence-corrected chi connectivity index (χ1v) is 6.52. The number of anilines is 1. The molecule has 22 heavy (non-hydrogen) atoms. The minimum atomic E-state index is -1.36. The van der Waals surface area contributed by atoms with Gasteiger partial charge in [0.1, 0.15) is 23.1 Å². The predicted molar refractivity (Wildman–Crippen MR) is 77.2 cm³/mol. The van der Waals surface area contributed by atoms with Gasteiger partial charge in [-0.25, -0.2) is 18.6 Å². The summed E-state index contributed by atoms with van der Waals surface area (Å²) in [6, 6.07) is 7.22. The molecule has 5 nitrogen and oxygen atoms in total. The van der Waals surface area contributed by atoms with Crippen molar-refractivity contribution in [2.45, 2.75) is 12.5 Å². The lowest BCUT2D eigenvalue weighted by atomic mass is 9.96. The molecule has 1 heterocycles. The molecule has 3 N–H and O–H groups in total. The fraction of sp³-hybridized carbons (Fsp3) is 0.200. The van der Waals surface area contributed by atoms with E-state index in [2.05, 4.69) is 15.6 Å². The number of hydrogen-bond donors (Lipinski definition) is 3. The molecule has 1 unspecified atom stereocenters. The van der Waals surface area contributed by atoms with Crippen molar-refractivity contribution in [3.8, 4) is 0 Å². The number of amides is 2. The van der Waals surface area contributed by atoms with Gasteiger partial charge >= 0.3 is 6.03 Å². The molecule has 2 amide bonds. The summed E-state index contributed by atoms with van der Waals surface area (Å²) in [7, 11) is 0. The Labute approximate surface area is 126 Å². The van der Waals surface area contributed by atoms with Crippen molar-refractivity contribution < 1.29 is 18.7 Å². The number of pyridine rings is 1. The van der Waals surface area contributed by atoms with Crippen LogP contribution in [-0.2, 0) is 5.60 Å². The van der Waals surface area contributed by atoms with Gasteiger partial charge in [-0.2, -0.15) is 0 Å². The van der Waals surface area contributed by atoms with Crippen LogP contribution in [0.1, 0.15) is 12.5 Å². The summed E-state index contributed by atoms with van der Waals surface area (Å²) >= 11 is 0. The van der Waals surface area contributed by atoms with Gasteiger partial charge in [0.05, 0.1) is 12.7 Å². The van der Waals surface area contributed by atoms with Crippen molar-refractivity contribution in [1.29, 1.82) is 0 Å². The molecular formula is C15H15F2N3O2. The van der Waals surface area contributed by atoms with Crippen molar-refractivity contribution >= 4 is 11.8 Å². The van der Waals surface area contributed by atoms with Crippen LogP contribution < -0.4 is 10.6 Å². The van der Waals surface area contributed by atoms with E-state index in [4.69, 9.17) is 0 Å². The Bertz CT molecular complexity index is 643. The fourth-order valence-corrected chi connectivity index (χ4v) is 1.77. The Morgan fingerprint density at radius 3 is 2.41 bits per heavy atom. The largest absolute Gasteiger partial charge is 0.384 e. The van der Waals surface area contributed by atoms with E-state index in [1.165, 1.54) is 37.3 Å². The number of urea groups is 1. The van der Waals surface area contributed by atoms with Crippen LogP contribution in [0.2, 0.25) is 0 Å². The van der Waals surface area contributed by atoms with E-state index in [0.717, 1.165) is 12.3 Å². The van der Waals surface area contributed by atoms with Gasteiger partial charge in [0, 0.05) is 0 Å². The zero-order chi connectivity index (χ0) is 16.2. The quantitative estimate of drug-likeness (QED) is 0.812. The lowest BCUT2D eigenvalue weighted by molar-refractivity contribution is 0.0599. The zero-order valence-corrected chi connectivity index (χ0v) is 11.8. The van der Waals surface area contributed by atoms with E-state index in [0.29, 0.717) is 5.56 Å². The van der Waals surface area contributed by atoms with Crippen LogP contribution in [0, 0.1) is 11.6 Å². The van der Waals surface area contributed by atoms with E-state index in [1.54, 1.807) is 0 Å². The molecule has 7 heteroatoms. The fourth-order valence-electron chi connectivity index (χ4n) is 1.77. The predicted octanol–water partition coefficient (Wildman–Crippen LogP) is 2.39. The van der Waals surface area contributed by atoms with Gasteiger partial charge in [-0.3, -0.25) is 5.32 Å². The highest BCUT2D eigenvalue weighted by Gasteiger charge is 2.23. The Morgan fingerprint density at radius 1 is 1.18 bits per heavy atom. The molecule has 2 aromatic rings. The lowest BCUT2D eigenvalue weighted by Gasteiger charge is -2.24. The van der Waals surface area contributed by atoms with Crippen molar-refractivity contribution in [3.05, 3.63) is 59.8 Å². The molecule has 0 aliphatic rings. The van der Waals surface area contributed by atoms with Crippen LogP contribution in [0.3, 0.4) is 0 Å². The normalized spacial score (nSPS) is 13.3. The van der Waals surface area contributed by atoms with E-state index < -0.39 is 23.3 Å². The summed E-state index contributed by atoms with van der Waals surface area (Å²) in [6.07, 6.45) is 0.976. The van der Waals surface area contributed by atoms with Crippen LogP contribution in [0.4, 0.5) is 19.4 Å². The smallest absolute Gasteiger partial charge is 0.320 e. The summed E-state index contributed by atoms with van der Waals surface area (Å²) < 4.78 is 25.6. The Kier molecular flexibility index (Phi) is 4.67. The van der Waals surface area contributed by atoms with Crippen LogP contribution >= 0.6 is 0 Å². The summed E-state index contributed by atoms with van der Waals surface area (Å²) in [5.74, 6) is -0.738. The monoisotopic (exact) mass is 307 g/mol. The molecule has 1 aromatic heterocycles. The molecule has 0 saturated heterocycles. The Balaban J connectivity index is 1.92. The van der Waals surface area contributed by atoms with E-state index >= 15 is 0 Å². The maximum Gasteiger partial charge on any atom is 0.320 e. The topological polar surface area (TPSA) is 74.2 Å². The number of carbonyl (C=O) groups is 1. The van der Waals surface area contributed by atoms with Crippen LogP contribution in [0.5, 0.6) is 0 Å². The third-order valence-electron chi connectivity index (χ3n) is 3.03. The van der Waals surface area contributed by atoms with Gasteiger partial charge in [-0.05, 0) is 36.8 Å². The molecule has 2 rings (SSSR count). The lowest BCUT2D eigenvalue weighted by Crippen LogP contribution is -2.40. The number of benzene rings is 1. The molecule has 0 saturated carbocycles. The summed E-state index contributed by atoms with van der Waals surface area (Å²) in [6.45, 7) is 1.41. The van der Waals surface area contributed by atoms with E-state index in [1.807, 2.05) is 0 Å². The molecule has 0 aliphatic heterocycles. The first-order valence-electron chi connectivity index (χ1n) is 6.52. The molecule has 0 bridgehead atoms. The van der Waals surface area contributed by atoms with Gasteiger partial charge in [-0.1, -0.05) is 12.1 Å². The molecule has 116 valence electrons. The molecule has 0 fully saturated rings. The van der Waals surface area contributed by atoms with Crippen molar-refractivity contribution in [3.63, 3.8) is 0 Å². The first-order chi connectivity index (χ1) is 10.4. The van der Waals surface area contributed by atoms with Crippen molar-refractivity contribution in [2.75, 3.05) is 11.9 Å². The minimum absolute atomic E-state index is 0.0916. The number of carbonyl (C=O) groups excluding carboxylic acids is 1. The Morgan fingerprint density at radius 2 is 1.82 bits per heavy atom.